The molecule has 0 atom stereocenters. The Balaban J connectivity index is 2.18. The third-order valence-electron chi connectivity index (χ3n) is 1.68. The first-order chi connectivity index (χ1) is 6.40. The molecule has 0 aliphatic heterocycles. The van der Waals surface area contributed by atoms with Gasteiger partial charge in [0.1, 0.15) is 12.0 Å². The van der Waals surface area contributed by atoms with E-state index >= 15 is 0 Å². The lowest BCUT2D eigenvalue weighted by Gasteiger charge is -2.01. The molecule has 0 bridgehead atoms. The Labute approximate surface area is 79.9 Å². The summed E-state index contributed by atoms with van der Waals surface area (Å²) in [6.45, 7) is 0.715. The van der Waals surface area contributed by atoms with Crippen molar-refractivity contribution >= 4 is 11.8 Å². The highest BCUT2D eigenvalue weighted by Gasteiger charge is 2.03. The van der Waals surface area contributed by atoms with E-state index in [1.165, 1.54) is 0 Å². The molecule has 0 aliphatic carbocycles. The third kappa shape index (κ3) is 1.75. The van der Waals surface area contributed by atoms with E-state index in [2.05, 4.69) is 10.1 Å². The molecule has 2 aromatic rings. The van der Waals surface area contributed by atoms with Crippen LogP contribution in [0.3, 0.4) is 0 Å². The van der Waals surface area contributed by atoms with Gasteiger partial charge in [-0.3, -0.25) is 0 Å². The van der Waals surface area contributed by atoms with Gasteiger partial charge in [-0.05, 0) is 6.26 Å². The summed E-state index contributed by atoms with van der Waals surface area (Å²) in [6.07, 6.45) is 7.29. The highest BCUT2D eigenvalue weighted by molar-refractivity contribution is 7.98. The molecule has 0 saturated heterocycles. The van der Waals surface area contributed by atoms with Crippen molar-refractivity contribution in [3.05, 3.63) is 30.4 Å². The van der Waals surface area contributed by atoms with Crippen LogP contribution in [0.15, 0.2) is 34.4 Å². The molecule has 0 saturated carbocycles. The first-order valence-electron chi connectivity index (χ1n) is 3.84. The summed E-state index contributed by atoms with van der Waals surface area (Å²) in [7, 11) is 0. The Kier molecular flexibility index (Phi) is 2.35. The summed E-state index contributed by atoms with van der Waals surface area (Å²) < 4.78 is 6.78. The zero-order chi connectivity index (χ0) is 9.10. The number of thioether (sulfide) groups is 1. The predicted molar refractivity (Wildman–Crippen MR) is 49.6 cm³/mol. The number of imidazole rings is 1. The van der Waals surface area contributed by atoms with E-state index in [9.17, 15) is 0 Å². The lowest BCUT2D eigenvalue weighted by Crippen LogP contribution is -1.99. The van der Waals surface area contributed by atoms with Crippen LogP contribution in [-0.4, -0.2) is 21.0 Å². The Morgan fingerprint density at radius 3 is 3.23 bits per heavy atom. The smallest absolute Gasteiger partial charge is 0.168 e. The number of rotatable bonds is 3. The van der Waals surface area contributed by atoms with Gasteiger partial charge in [-0.1, -0.05) is 16.9 Å². The van der Waals surface area contributed by atoms with Crippen LogP contribution in [0.5, 0.6) is 0 Å². The number of hydrogen-bond acceptors (Lipinski definition) is 4. The van der Waals surface area contributed by atoms with Crippen LogP contribution in [0.2, 0.25) is 0 Å². The highest BCUT2D eigenvalue weighted by atomic mass is 32.2. The van der Waals surface area contributed by atoms with E-state index in [0.29, 0.717) is 6.54 Å². The Morgan fingerprint density at radius 2 is 2.54 bits per heavy atom. The number of nitrogens with zero attached hydrogens (tertiary/aromatic N) is 3. The van der Waals surface area contributed by atoms with Gasteiger partial charge >= 0.3 is 0 Å². The molecule has 0 spiro atoms. The molecule has 68 valence electrons. The van der Waals surface area contributed by atoms with E-state index in [1.54, 1.807) is 24.2 Å². The summed E-state index contributed by atoms with van der Waals surface area (Å²) in [5.41, 5.74) is 0.910. The van der Waals surface area contributed by atoms with Crippen LogP contribution in [0.25, 0.3) is 0 Å². The monoisotopic (exact) mass is 195 g/mol. The fraction of sp³-hybridized carbons (Fsp3) is 0.250. The third-order valence-corrected chi connectivity index (χ3v) is 2.39. The average molecular weight is 195 g/mol. The van der Waals surface area contributed by atoms with Crippen LogP contribution >= 0.6 is 11.8 Å². The molecule has 0 unspecified atom stereocenters. The van der Waals surface area contributed by atoms with Crippen LogP contribution in [0, 0.1) is 0 Å². The Bertz CT molecular complexity index is 368. The molecule has 2 rings (SSSR count). The van der Waals surface area contributed by atoms with Gasteiger partial charge in [-0.25, -0.2) is 4.98 Å². The second kappa shape index (κ2) is 3.66. The van der Waals surface area contributed by atoms with Crippen LogP contribution in [0.1, 0.15) is 5.69 Å². The van der Waals surface area contributed by atoms with E-state index in [-0.39, 0.29) is 0 Å². The van der Waals surface area contributed by atoms with E-state index in [1.807, 2.05) is 23.1 Å². The highest BCUT2D eigenvalue weighted by Crippen LogP contribution is 2.12. The molecule has 0 aromatic carbocycles. The van der Waals surface area contributed by atoms with Crippen molar-refractivity contribution in [2.75, 3.05) is 6.26 Å². The molecular formula is C8H9N3OS. The molecule has 0 fully saturated rings. The van der Waals surface area contributed by atoms with Gasteiger partial charge in [-0.15, -0.1) is 0 Å². The van der Waals surface area contributed by atoms with Gasteiger partial charge in [0.25, 0.3) is 0 Å². The maximum atomic E-state index is 4.75. The van der Waals surface area contributed by atoms with Gasteiger partial charge in [0.2, 0.25) is 0 Å². The van der Waals surface area contributed by atoms with E-state index < -0.39 is 0 Å². The first-order valence-corrected chi connectivity index (χ1v) is 5.07. The molecule has 4 nitrogen and oxygen atoms in total. The van der Waals surface area contributed by atoms with Crippen LogP contribution in [-0.2, 0) is 6.54 Å². The molecule has 2 heterocycles. The quantitative estimate of drug-likeness (QED) is 0.698. The van der Waals surface area contributed by atoms with Gasteiger partial charge in [0.15, 0.2) is 5.16 Å². The van der Waals surface area contributed by atoms with Crippen molar-refractivity contribution in [3.8, 4) is 0 Å². The summed E-state index contributed by atoms with van der Waals surface area (Å²) >= 11 is 1.62. The fourth-order valence-electron chi connectivity index (χ4n) is 1.10. The average Bonchev–Trinajstić information content (AvgIpc) is 2.76. The van der Waals surface area contributed by atoms with Crippen molar-refractivity contribution < 1.29 is 4.52 Å². The minimum atomic E-state index is 0.715. The van der Waals surface area contributed by atoms with Crippen molar-refractivity contribution in [2.24, 2.45) is 0 Å². The van der Waals surface area contributed by atoms with Crippen molar-refractivity contribution in [1.82, 2.24) is 14.7 Å². The number of hydrogen-bond donors (Lipinski definition) is 0. The van der Waals surface area contributed by atoms with Gasteiger partial charge in [0, 0.05) is 18.5 Å². The van der Waals surface area contributed by atoms with Crippen molar-refractivity contribution in [3.63, 3.8) is 0 Å². The topological polar surface area (TPSA) is 43.9 Å². The summed E-state index contributed by atoms with van der Waals surface area (Å²) in [5, 5.41) is 4.82. The normalized spacial score (nSPS) is 10.5. The molecule has 0 radical (unpaired) electrons. The number of aromatic nitrogens is 3. The van der Waals surface area contributed by atoms with E-state index in [4.69, 9.17) is 4.52 Å². The zero-order valence-electron chi connectivity index (χ0n) is 7.17. The maximum absolute atomic E-state index is 4.75. The molecule has 0 N–H and O–H groups in total. The Hall–Kier alpha value is -1.23. The second-order valence-electron chi connectivity index (χ2n) is 2.53. The van der Waals surface area contributed by atoms with Crippen LogP contribution in [0.4, 0.5) is 0 Å². The summed E-state index contributed by atoms with van der Waals surface area (Å²) in [5.74, 6) is 0. The summed E-state index contributed by atoms with van der Waals surface area (Å²) in [4.78, 5) is 4.18. The first kappa shape index (κ1) is 8.37. The fourth-order valence-corrected chi connectivity index (χ4v) is 1.63. The molecular weight excluding hydrogens is 186 g/mol. The molecule has 0 amide bonds. The molecule has 2 aromatic heterocycles. The standard InChI is InChI=1S/C8H9N3OS/c1-13-8-9-3-4-11(8)6-7-2-5-12-10-7/h2-5H,6H2,1H3. The van der Waals surface area contributed by atoms with Gasteiger partial charge in [0.05, 0.1) is 6.54 Å². The maximum Gasteiger partial charge on any atom is 0.168 e. The molecule has 0 aliphatic rings. The minimum absolute atomic E-state index is 0.715. The minimum Gasteiger partial charge on any atom is -0.364 e. The zero-order valence-corrected chi connectivity index (χ0v) is 7.99. The molecule has 13 heavy (non-hydrogen) atoms. The SMILES string of the molecule is CSc1nccn1Cc1ccon1. The van der Waals surface area contributed by atoms with Crippen molar-refractivity contribution in [1.29, 1.82) is 0 Å². The van der Waals surface area contributed by atoms with Gasteiger partial charge < -0.3 is 9.09 Å². The lowest BCUT2D eigenvalue weighted by molar-refractivity contribution is 0.408. The van der Waals surface area contributed by atoms with Crippen LogP contribution < -0.4 is 0 Å². The second-order valence-corrected chi connectivity index (χ2v) is 3.31. The molecule has 5 heteroatoms. The van der Waals surface area contributed by atoms with Crippen molar-refractivity contribution in [2.45, 2.75) is 11.7 Å². The van der Waals surface area contributed by atoms with Gasteiger partial charge in [-0.2, -0.15) is 0 Å². The Morgan fingerprint density at radius 1 is 1.62 bits per heavy atom. The lowest BCUT2D eigenvalue weighted by atomic mass is 10.4. The predicted octanol–water partition coefficient (Wildman–Crippen LogP) is 1.64. The van der Waals surface area contributed by atoms with E-state index in [0.717, 1.165) is 10.9 Å². The largest absolute Gasteiger partial charge is 0.364 e. The summed E-state index contributed by atoms with van der Waals surface area (Å²) in [6, 6.07) is 1.85.